The van der Waals surface area contributed by atoms with E-state index in [1.165, 1.54) is 0 Å². The third kappa shape index (κ3) is 2.77. The van der Waals surface area contributed by atoms with Crippen LogP contribution in [0.1, 0.15) is 37.7 Å². The smallest absolute Gasteiger partial charge is 0.201 e. The SMILES string of the molecule is CCCn1ncc(Br)c1C(=O)C(C)(C)N(C)C. The van der Waals surface area contributed by atoms with Crippen LogP contribution >= 0.6 is 15.9 Å². The van der Waals surface area contributed by atoms with Gasteiger partial charge in [-0.15, -0.1) is 0 Å². The summed E-state index contributed by atoms with van der Waals surface area (Å²) in [6.07, 6.45) is 2.64. The van der Waals surface area contributed by atoms with Crippen LogP contribution in [0.4, 0.5) is 0 Å². The largest absolute Gasteiger partial charge is 0.297 e. The number of carbonyl (C=O) groups is 1. The minimum Gasteiger partial charge on any atom is -0.297 e. The first-order valence-corrected chi connectivity index (χ1v) is 6.55. The minimum atomic E-state index is -0.534. The number of rotatable bonds is 5. The van der Waals surface area contributed by atoms with Crippen molar-refractivity contribution in [2.45, 2.75) is 39.3 Å². The van der Waals surface area contributed by atoms with Gasteiger partial charge in [0.05, 0.1) is 16.2 Å². The average molecular weight is 302 g/mol. The van der Waals surface area contributed by atoms with E-state index in [-0.39, 0.29) is 5.78 Å². The first kappa shape index (κ1) is 14.4. The fourth-order valence-corrected chi connectivity index (χ4v) is 1.94. The van der Waals surface area contributed by atoms with Gasteiger partial charge in [0.2, 0.25) is 5.78 Å². The Hall–Kier alpha value is -0.680. The van der Waals surface area contributed by atoms with E-state index in [1.54, 1.807) is 10.9 Å². The molecule has 1 heterocycles. The number of nitrogens with zero attached hydrogens (tertiary/aromatic N) is 3. The van der Waals surface area contributed by atoms with Crippen molar-refractivity contribution < 1.29 is 4.79 Å². The Balaban J connectivity index is 3.15. The molecule has 5 heteroatoms. The van der Waals surface area contributed by atoms with Crippen molar-refractivity contribution in [1.29, 1.82) is 0 Å². The van der Waals surface area contributed by atoms with Crippen LogP contribution in [0.15, 0.2) is 10.7 Å². The van der Waals surface area contributed by atoms with Crippen molar-refractivity contribution in [2.75, 3.05) is 14.1 Å². The van der Waals surface area contributed by atoms with Gasteiger partial charge in [-0.3, -0.25) is 14.4 Å². The van der Waals surface area contributed by atoms with Gasteiger partial charge in [0, 0.05) is 6.54 Å². The molecular formula is C12H20BrN3O. The molecule has 0 saturated carbocycles. The third-order valence-corrected chi connectivity index (χ3v) is 3.70. The van der Waals surface area contributed by atoms with Crippen LogP contribution in [0, 0.1) is 0 Å². The van der Waals surface area contributed by atoms with E-state index in [0.717, 1.165) is 17.4 Å². The van der Waals surface area contributed by atoms with E-state index in [2.05, 4.69) is 28.0 Å². The fourth-order valence-electron chi connectivity index (χ4n) is 1.46. The molecule has 0 amide bonds. The summed E-state index contributed by atoms with van der Waals surface area (Å²) in [5.41, 5.74) is 0.124. The van der Waals surface area contributed by atoms with Crippen LogP contribution in [0.25, 0.3) is 0 Å². The molecule has 0 spiro atoms. The molecule has 4 nitrogen and oxygen atoms in total. The number of ketones is 1. The second-order valence-corrected chi connectivity index (χ2v) is 5.70. The van der Waals surface area contributed by atoms with Gasteiger partial charge in [0.1, 0.15) is 5.69 Å². The number of halogens is 1. The molecule has 1 aromatic heterocycles. The van der Waals surface area contributed by atoms with Crippen molar-refractivity contribution in [3.05, 3.63) is 16.4 Å². The van der Waals surface area contributed by atoms with E-state index in [0.29, 0.717) is 5.69 Å². The third-order valence-electron chi connectivity index (χ3n) is 3.12. The Morgan fingerprint density at radius 2 is 2.12 bits per heavy atom. The normalized spacial score (nSPS) is 12.2. The molecule has 0 aliphatic heterocycles. The molecule has 0 fully saturated rings. The Morgan fingerprint density at radius 3 is 2.59 bits per heavy atom. The number of likely N-dealkylation sites (N-methyl/N-ethyl adjacent to an activating group) is 1. The van der Waals surface area contributed by atoms with Crippen molar-refractivity contribution in [3.63, 3.8) is 0 Å². The summed E-state index contributed by atoms with van der Waals surface area (Å²) < 4.78 is 2.54. The van der Waals surface area contributed by atoms with E-state index >= 15 is 0 Å². The van der Waals surface area contributed by atoms with Crippen molar-refractivity contribution >= 4 is 21.7 Å². The van der Waals surface area contributed by atoms with Crippen LogP contribution in [0.5, 0.6) is 0 Å². The van der Waals surface area contributed by atoms with Gasteiger partial charge in [0.25, 0.3) is 0 Å². The van der Waals surface area contributed by atoms with E-state index in [9.17, 15) is 4.79 Å². The lowest BCUT2D eigenvalue weighted by Crippen LogP contribution is -2.46. The Kier molecular flexibility index (Phi) is 4.49. The molecular weight excluding hydrogens is 282 g/mol. The van der Waals surface area contributed by atoms with Crippen molar-refractivity contribution in [2.24, 2.45) is 0 Å². The predicted octanol–water partition coefficient (Wildman–Crippen LogP) is 2.58. The number of aromatic nitrogens is 2. The second kappa shape index (κ2) is 5.31. The molecule has 0 aliphatic carbocycles. The van der Waals surface area contributed by atoms with Gasteiger partial charge in [-0.25, -0.2) is 0 Å². The quantitative estimate of drug-likeness (QED) is 0.785. The zero-order valence-corrected chi connectivity index (χ0v) is 12.7. The summed E-state index contributed by atoms with van der Waals surface area (Å²) in [6.45, 7) is 6.67. The van der Waals surface area contributed by atoms with Gasteiger partial charge in [-0.1, -0.05) is 6.92 Å². The second-order valence-electron chi connectivity index (χ2n) is 4.85. The predicted molar refractivity (Wildman–Crippen MR) is 72.3 cm³/mol. The minimum absolute atomic E-state index is 0.0836. The first-order chi connectivity index (χ1) is 7.82. The molecule has 0 unspecified atom stereocenters. The number of hydrogen-bond donors (Lipinski definition) is 0. The highest BCUT2D eigenvalue weighted by Gasteiger charge is 2.34. The van der Waals surface area contributed by atoms with E-state index in [4.69, 9.17) is 0 Å². The molecule has 0 radical (unpaired) electrons. The number of aryl methyl sites for hydroxylation is 1. The molecule has 96 valence electrons. The highest BCUT2D eigenvalue weighted by atomic mass is 79.9. The maximum absolute atomic E-state index is 12.6. The molecule has 0 aromatic carbocycles. The summed E-state index contributed by atoms with van der Waals surface area (Å²) >= 11 is 3.41. The Morgan fingerprint density at radius 1 is 1.53 bits per heavy atom. The lowest BCUT2D eigenvalue weighted by molar-refractivity contribution is 0.0742. The zero-order valence-electron chi connectivity index (χ0n) is 11.1. The average Bonchev–Trinajstić information content (AvgIpc) is 2.59. The summed E-state index contributed by atoms with van der Waals surface area (Å²) in [5.74, 6) is 0.0836. The molecule has 1 aromatic rings. The van der Waals surface area contributed by atoms with E-state index < -0.39 is 5.54 Å². The molecule has 0 saturated heterocycles. The topological polar surface area (TPSA) is 38.1 Å². The van der Waals surface area contributed by atoms with Crippen molar-refractivity contribution in [3.8, 4) is 0 Å². The lowest BCUT2D eigenvalue weighted by Gasteiger charge is -2.31. The van der Waals surface area contributed by atoms with Crippen LogP contribution < -0.4 is 0 Å². The molecule has 0 atom stereocenters. The summed E-state index contributed by atoms with van der Waals surface area (Å²) in [5, 5.41) is 4.23. The number of Topliss-reactive ketones (excluding diaryl/α,β-unsaturated/α-hetero) is 1. The number of carbonyl (C=O) groups excluding carboxylic acids is 1. The maximum atomic E-state index is 12.6. The Labute approximate surface area is 111 Å². The maximum Gasteiger partial charge on any atom is 0.201 e. The summed E-state index contributed by atoms with van der Waals surface area (Å²) in [7, 11) is 3.82. The first-order valence-electron chi connectivity index (χ1n) is 5.75. The molecule has 17 heavy (non-hydrogen) atoms. The Bertz CT molecular complexity index is 410. The van der Waals surface area contributed by atoms with Crippen LogP contribution in [-0.2, 0) is 6.54 Å². The van der Waals surface area contributed by atoms with Gasteiger partial charge < -0.3 is 0 Å². The fraction of sp³-hybridized carbons (Fsp3) is 0.667. The van der Waals surface area contributed by atoms with Gasteiger partial charge in [0.15, 0.2) is 0 Å². The molecule has 0 aliphatic rings. The van der Waals surface area contributed by atoms with Gasteiger partial charge in [-0.2, -0.15) is 5.10 Å². The highest BCUT2D eigenvalue weighted by molar-refractivity contribution is 9.10. The zero-order chi connectivity index (χ0) is 13.2. The van der Waals surface area contributed by atoms with E-state index in [1.807, 2.05) is 32.8 Å². The monoisotopic (exact) mass is 301 g/mol. The number of hydrogen-bond acceptors (Lipinski definition) is 3. The summed E-state index contributed by atoms with van der Waals surface area (Å²) in [4.78, 5) is 14.5. The lowest BCUT2D eigenvalue weighted by atomic mass is 9.95. The van der Waals surface area contributed by atoms with Gasteiger partial charge in [-0.05, 0) is 50.3 Å². The van der Waals surface area contributed by atoms with Crippen molar-refractivity contribution in [1.82, 2.24) is 14.7 Å². The van der Waals surface area contributed by atoms with Crippen LogP contribution in [0.2, 0.25) is 0 Å². The molecule has 0 bridgehead atoms. The summed E-state index contributed by atoms with van der Waals surface area (Å²) in [6, 6.07) is 0. The van der Waals surface area contributed by atoms with Crippen LogP contribution in [0.3, 0.4) is 0 Å². The highest BCUT2D eigenvalue weighted by Crippen LogP contribution is 2.24. The van der Waals surface area contributed by atoms with Gasteiger partial charge >= 0.3 is 0 Å². The molecule has 1 rings (SSSR count). The standard InChI is InChI=1S/C12H20BrN3O/c1-6-7-16-10(9(13)8-14-16)11(17)12(2,3)15(4)5/h8H,6-7H2,1-5H3. The van der Waals surface area contributed by atoms with Crippen LogP contribution in [-0.4, -0.2) is 40.1 Å². The molecule has 0 N–H and O–H groups in total.